The molecule has 1 fully saturated rings. The molecule has 0 radical (unpaired) electrons. The molecule has 0 atom stereocenters. The maximum absolute atomic E-state index is 12.7. The number of benzene rings is 2. The number of carbonyl (C=O) groups is 1. The van der Waals surface area contributed by atoms with Gasteiger partial charge in [0.1, 0.15) is 6.26 Å². The second kappa shape index (κ2) is 7.63. The number of oxazole rings is 1. The summed E-state index contributed by atoms with van der Waals surface area (Å²) in [7, 11) is 0. The van der Waals surface area contributed by atoms with E-state index >= 15 is 0 Å². The Morgan fingerprint density at radius 1 is 1.00 bits per heavy atom. The van der Waals surface area contributed by atoms with E-state index < -0.39 is 0 Å². The van der Waals surface area contributed by atoms with Crippen LogP contribution in [0.5, 0.6) is 0 Å². The molecule has 0 unspecified atom stereocenters. The fourth-order valence-corrected chi connectivity index (χ4v) is 3.24. The Balaban J connectivity index is 1.36. The highest BCUT2D eigenvalue weighted by Crippen LogP contribution is 2.21. The van der Waals surface area contributed by atoms with Gasteiger partial charge < -0.3 is 15.1 Å². The highest BCUT2D eigenvalue weighted by molar-refractivity contribution is 5.92. The number of piperazine rings is 1. The maximum Gasteiger partial charge on any atom is 0.275 e. The van der Waals surface area contributed by atoms with Crippen molar-refractivity contribution in [1.29, 1.82) is 0 Å². The molecule has 3 aromatic rings. The summed E-state index contributed by atoms with van der Waals surface area (Å²) in [5.41, 5.74) is 8.82. The molecule has 1 amide bonds. The number of rotatable bonds is 4. The Hall–Kier alpha value is -3.12. The van der Waals surface area contributed by atoms with Crippen LogP contribution in [0.4, 0.5) is 5.69 Å². The van der Waals surface area contributed by atoms with Gasteiger partial charge in [0.15, 0.2) is 5.69 Å². The highest BCUT2D eigenvalue weighted by atomic mass is 16.3. The topological polar surface area (TPSA) is 75.6 Å². The van der Waals surface area contributed by atoms with Crippen LogP contribution in [0.15, 0.2) is 65.3 Å². The average Bonchev–Trinajstić information content (AvgIpc) is 3.20. The summed E-state index contributed by atoms with van der Waals surface area (Å²) in [6, 6.07) is 17.6. The molecular weight excluding hydrogens is 340 g/mol. The van der Waals surface area contributed by atoms with Crippen LogP contribution in [0.3, 0.4) is 0 Å². The molecule has 0 spiro atoms. The first-order valence-electron chi connectivity index (χ1n) is 9.06. The van der Waals surface area contributed by atoms with Gasteiger partial charge in [0.05, 0.1) is 0 Å². The third-order valence-electron chi connectivity index (χ3n) is 4.79. The van der Waals surface area contributed by atoms with Gasteiger partial charge in [0.2, 0.25) is 5.89 Å². The quantitative estimate of drug-likeness (QED) is 0.722. The fraction of sp³-hybridized carbons (Fsp3) is 0.238. The molecule has 6 nitrogen and oxygen atoms in total. The minimum Gasteiger partial charge on any atom is -0.444 e. The molecule has 0 aliphatic carbocycles. The lowest BCUT2D eigenvalue weighted by molar-refractivity contribution is 0.0622. The SMILES string of the molecule is Nc1ccc(-c2nc(C(=O)N3CCN(Cc4ccccc4)CC3)co2)cc1. The summed E-state index contributed by atoms with van der Waals surface area (Å²) >= 11 is 0. The van der Waals surface area contributed by atoms with Crippen molar-refractivity contribution >= 4 is 11.6 Å². The monoisotopic (exact) mass is 362 g/mol. The molecule has 1 saturated heterocycles. The number of anilines is 1. The van der Waals surface area contributed by atoms with Crippen LogP contribution < -0.4 is 5.73 Å². The number of hydrogen-bond donors (Lipinski definition) is 1. The van der Waals surface area contributed by atoms with Crippen LogP contribution in [0.25, 0.3) is 11.5 Å². The summed E-state index contributed by atoms with van der Waals surface area (Å²) in [6.45, 7) is 3.99. The second-order valence-electron chi connectivity index (χ2n) is 6.71. The van der Waals surface area contributed by atoms with E-state index in [1.807, 2.05) is 23.1 Å². The first kappa shape index (κ1) is 17.3. The zero-order chi connectivity index (χ0) is 18.6. The second-order valence-corrected chi connectivity index (χ2v) is 6.71. The number of nitrogens with zero attached hydrogens (tertiary/aromatic N) is 3. The maximum atomic E-state index is 12.7. The van der Waals surface area contributed by atoms with Crippen molar-refractivity contribution in [2.24, 2.45) is 0 Å². The summed E-state index contributed by atoms with van der Waals surface area (Å²) < 4.78 is 5.49. The van der Waals surface area contributed by atoms with E-state index in [9.17, 15) is 4.79 Å². The number of hydrogen-bond acceptors (Lipinski definition) is 5. The first-order valence-corrected chi connectivity index (χ1v) is 9.06. The normalized spacial score (nSPS) is 15.0. The molecule has 1 aliphatic rings. The van der Waals surface area contributed by atoms with E-state index in [1.165, 1.54) is 11.8 Å². The molecule has 2 heterocycles. The molecule has 0 bridgehead atoms. The van der Waals surface area contributed by atoms with Crippen LogP contribution in [-0.4, -0.2) is 46.9 Å². The lowest BCUT2D eigenvalue weighted by atomic mass is 10.2. The molecule has 1 aromatic heterocycles. The fourth-order valence-electron chi connectivity index (χ4n) is 3.24. The first-order chi connectivity index (χ1) is 13.2. The highest BCUT2D eigenvalue weighted by Gasteiger charge is 2.24. The Kier molecular flexibility index (Phi) is 4.89. The Morgan fingerprint density at radius 2 is 1.70 bits per heavy atom. The van der Waals surface area contributed by atoms with Crippen LogP contribution in [-0.2, 0) is 6.54 Å². The number of nitrogen functional groups attached to an aromatic ring is 1. The third-order valence-corrected chi connectivity index (χ3v) is 4.79. The number of amides is 1. The zero-order valence-corrected chi connectivity index (χ0v) is 15.0. The van der Waals surface area contributed by atoms with Crippen molar-refractivity contribution in [3.05, 3.63) is 72.1 Å². The summed E-state index contributed by atoms with van der Waals surface area (Å²) in [4.78, 5) is 21.3. The lowest BCUT2D eigenvalue weighted by Crippen LogP contribution is -2.48. The van der Waals surface area contributed by atoms with Crippen molar-refractivity contribution in [2.45, 2.75) is 6.54 Å². The molecule has 27 heavy (non-hydrogen) atoms. The van der Waals surface area contributed by atoms with Crippen LogP contribution in [0, 0.1) is 0 Å². The van der Waals surface area contributed by atoms with Crippen molar-refractivity contribution < 1.29 is 9.21 Å². The summed E-state index contributed by atoms with van der Waals surface area (Å²) in [5, 5.41) is 0. The van der Waals surface area contributed by atoms with Gasteiger partial charge >= 0.3 is 0 Å². The molecule has 6 heteroatoms. The molecule has 2 N–H and O–H groups in total. The van der Waals surface area contributed by atoms with Crippen LogP contribution >= 0.6 is 0 Å². The molecular formula is C21H22N4O2. The van der Waals surface area contributed by atoms with Gasteiger partial charge in [-0.15, -0.1) is 0 Å². The molecule has 4 rings (SSSR count). The summed E-state index contributed by atoms with van der Waals surface area (Å²) in [6.07, 6.45) is 1.43. The predicted octanol–water partition coefficient (Wildman–Crippen LogP) is 2.88. The minimum absolute atomic E-state index is 0.0835. The standard InChI is InChI=1S/C21H22N4O2/c22-18-8-6-17(7-9-18)20-23-19(15-27-20)21(26)25-12-10-24(11-13-25)14-16-4-2-1-3-5-16/h1-9,15H,10-14,22H2. The molecule has 0 saturated carbocycles. The zero-order valence-electron chi connectivity index (χ0n) is 15.0. The van der Waals surface area contributed by atoms with Gasteiger partial charge in [-0.25, -0.2) is 4.98 Å². The van der Waals surface area contributed by atoms with E-state index in [0.29, 0.717) is 30.4 Å². The Labute approximate surface area is 158 Å². The van der Waals surface area contributed by atoms with Crippen molar-refractivity contribution in [2.75, 3.05) is 31.9 Å². The van der Waals surface area contributed by atoms with Crippen LogP contribution in [0.1, 0.15) is 16.1 Å². The molecule has 1 aliphatic heterocycles. The lowest BCUT2D eigenvalue weighted by Gasteiger charge is -2.34. The number of nitrogens with two attached hydrogens (primary N) is 1. The number of carbonyl (C=O) groups excluding carboxylic acids is 1. The van der Waals surface area contributed by atoms with Gasteiger partial charge in [-0.3, -0.25) is 9.69 Å². The van der Waals surface area contributed by atoms with Crippen molar-refractivity contribution in [3.8, 4) is 11.5 Å². The van der Waals surface area contributed by atoms with Crippen molar-refractivity contribution in [3.63, 3.8) is 0 Å². The van der Waals surface area contributed by atoms with Gasteiger partial charge in [-0.2, -0.15) is 0 Å². The Morgan fingerprint density at radius 3 is 2.41 bits per heavy atom. The van der Waals surface area contributed by atoms with E-state index in [1.54, 1.807) is 12.1 Å². The third kappa shape index (κ3) is 4.01. The van der Waals surface area contributed by atoms with E-state index in [4.69, 9.17) is 10.2 Å². The smallest absolute Gasteiger partial charge is 0.275 e. The van der Waals surface area contributed by atoms with Gasteiger partial charge in [-0.1, -0.05) is 30.3 Å². The minimum atomic E-state index is -0.0835. The van der Waals surface area contributed by atoms with E-state index in [-0.39, 0.29) is 5.91 Å². The van der Waals surface area contributed by atoms with Gasteiger partial charge in [-0.05, 0) is 29.8 Å². The largest absolute Gasteiger partial charge is 0.444 e. The average molecular weight is 362 g/mol. The molecule has 2 aromatic carbocycles. The Bertz CT molecular complexity index is 897. The van der Waals surface area contributed by atoms with Gasteiger partial charge in [0, 0.05) is 44.0 Å². The predicted molar refractivity (Wildman–Crippen MR) is 104 cm³/mol. The van der Waals surface area contributed by atoms with E-state index in [0.717, 1.165) is 25.2 Å². The van der Waals surface area contributed by atoms with Gasteiger partial charge in [0.25, 0.3) is 5.91 Å². The summed E-state index contributed by atoms with van der Waals surface area (Å²) in [5.74, 6) is 0.348. The molecule has 138 valence electrons. The number of aromatic nitrogens is 1. The van der Waals surface area contributed by atoms with Crippen molar-refractivity contribution in [1.82, 2.24) is 14.8 Å². The van der Waals surface area contributed by atoms with Crippen LogP contribution in [0.2, 0.25) is 0 Å². The van der Waals surface area contributed by atoms with E-state index in [2.05, 4.69) is 34.1 Å².